The van der Waals surface area contributed by atoms with Crippen molar-refractivity contribution >= 4 is 5.95 Å². The summed E-state index contributed by atoms with van der Waals surface area (Å²) in [4.78, 5) is 11.9. The molecule has 1 aliphatic rings. The Bertz CT molecular complexity index is 484. The van der Waals surface area contributed by atoms with E-state index in [0.717, 1.165) is 32.0 Å². The van der Waals surface area contributed by atoms with Gasteiger partial charge in [0, 0.05) is 25.8 Å². The lowest BCUT2D eigenvalue weighted by Gasteiger charge is -2.34. The summed E-state index contributed by atoms with van der Waals surface area (Å²) >= 11 is 0. The molecule has 1 aliphatic heterocycles. The van der Waals surface area contributed by atoms with E-state index in [2.05, 4.69) is 28.8 Å². The molecule has 1 fully saturated rings. The molecule has 4 nitrogen and oxygen atoms in total. The number of nitrogens with zero attached hydrogens (tertiary/aromatic N) is 4. The first-order chi connectivity index (χ1) is 10.9. The minimum absolute atomic E-state index is 0.192. The van der Waals surface area contributed by atoms with Crippen LogP contribution < -0.4 is 4.90 Å². The van der Waals surface area contributed by atoms with Crippen LogP contribution in [0.25, 0.3) is 0 Å². The highest BCUT2D eigenvalue weighted by molar-refractivity contribution is 5.31. The maximum absolute atomic E-state index is 12.7. The average molecular weight is 330 g/mol. The SMILES string of the molecule is CCCCN(C)CC1CCN(c2nccc(C(F)(F)F)n2)CC1. The van der Waals surface area contributed by atoms with Crippen molar-refractivity contribution in [2.45, 2.75) is 38.8 Å². The average Bonchev–Trinajstić information content (AvgIpc) is 2.53. The third-order valence-corrected chi connectivity index (χ3v) is 4.29. The Labute approximate surface area is 135 Å². The summed E-state index contributed by atoms with van der Waals surface area (Å²) in [6.07, 6.45) is 1.10. The van der Waals surface area contributed by atoms with Crippen LogP contribution in [-0.2, 0) is 6.18 Å². The molecule has 1 aromatic heterocycles. The summed E-state index contributed by atoms with van der Waals surface area (Å²) < 4.78 is 38.2. The largest absolute Gasteiger partial charge is 0.433 e. The molecule has 0 bridgehead atoms. The molecule has 0 aliphatic carbocycles. The highest BCUT2D eigenvalue weighted by Crippen LogP contribution is 2.29. The summed E-state index contributed by atoms with van der Waals surface area (Å²) in [5.74, 6) is 0.788. The number of hydrogen-bond acceptors (Lipinski definition) is 4. The minimum atomic E-state index is -4.42. The van der Waals surface area contributed by atoms with Gasteiger partial charge in [0.2, 0.25) is 5.95 Å². The minimum Gasteiger partial charge on any atom is -0.341 e. The Morgan fingerprint density at radius 3 is 2.61 bits per heavy atom. The third kappa shape index (κ3) is 5.34. The molecule has 0 spiro atoms. The molecule has 2 heterocycles. The van der Waals surface area contributed by atoms with Gasteiger partial charge in [-0.2, -0.15) is 13.2 Å². The lowest BCUT2D eigenvalue weighted by molar-refractivity contribution is -0.141. The Balaban J connectivity index is 1.87. The van der Waals surface area contributed by atoms with E-state index < -0.39 is 11.9 Å². The van der Waals surface area contributed by atoms with Crippen LogP contribution in [0.4, 0.5) is 19.1 Å². The zero-order valence-electron chi connectivity index (χ0n) is 13.8. The van der Waals surface area contributed by atoms with Gasteiger partial charge in [0.25, 0.3) is 0 Å². The predicted octanol–water partition coefficient (Wildman–Crippen LogP) is 3.44. The van der Waals surface area contributed by atoms with E-state index in [0.29, 0.717) is 19.0 Å². The van der Waals surface area contributed by atoms with Gasteiger partial charge in [-0.3, -0.25) is 0 Å². The highest BCUT2D eigenvalue weighted by Gasteiger charge is 2.33. The van der Waals surface area contributed by atoms with Gasteiger partial charge in [-0.05, 0) is 44.8 Å². The molecule has 1 aromatic rings. The van der Waals surface area contributed by atoms with Crippen molar-refractivity contribution in [3.05, 3.63) is 18.0 Å². The second-order valence-electron chi connectivity index (χ2n) is 6.29. The number of rotatable bonds is 6. The fourth-order valence-corrected chi connectivity index (χ4v) is 2.93. The fourth-order valence-electron chi connectivity index (χ4n) is 2.93. The van der Waals surface area contributed by atoms with Gasteiger partial charge in [0.15, 0.2) is 0 Å². The smallest absolute Gasteiger partial charge is 0.341 e. The number of alkyl halides is 3. The van der Waals surface area contributed by atoms with Gasteiger partial charge in [-0.1, -0.05) is 13.3 Å². The van der Waals surface area contributed by atoms with Gasteiger partial charge >= 0.3 is 6.18 Å². The van der Waals surface area contributed by atoms with E-state index in [1.807, 2.05) is 4.90 Å². The van der Waals surface area contributed by atoms with Crippen molar-refractivity contribution < 1.29 is 13.2 Å². The number of aromatic nitrogens is 2. The molecular weight excluding hydrogens is 305 g/mol. The van der Waals surface area contributed by atoms with Crippen LogP contribution >= 0.6 is 0 Å². The van der Waals surface area contributed by atoms with Crippen LogP contribution in [0.2, 0.25) is 0 Å². The Morgan fingerprint density at radius 1 is 1.30 bits per heavy atom. The molecule has 0 N–H and O–H groups in total. The molecule has 7 heteroatoms. The quantitative estimate of drug-likeness (QED) is 0.800. The van der Waals surface area contributed by atoms with Crippen molar-refractivity contribution in [3.63, 3.8) is 0 Å². The summed E-state index contributed by atoms with van der Waals surface area (Å²) in [5.41, 5.74) is -0.871. The van der Waals surface area contributed by atoms with E-state index in [9.17, 15) is 13.2 Å². The van der Waals surface area contributed by atoms with E-state index in [1.54, 1.807) is 0 Å². The lowest BCUT2D eigenvalue weighted by Crippen LogP contribution is -2.39. The first-order valence-corrected chi connectivity index (χ1v) is 8.24. The van der Waals surface area contributed by atoms with Crippen LogP contribution in [0, 0.1) is 5.92 Å². The summed E-state index contributed by atoms with van der Waals surface area (Å²) in [6.45, 7) is 5.77. The summed E-state index contributed by atoms with van der Waals surface area (Å²) in [6, 6.07) is 0.916. The molecule has 2 rings (SSSR count). The number of piperidine rings is 1. The second-order valence-corrected chi connectivity index (χ2v) is 6.29. The van der Waals surface area contributed by atoms with Crippen molar-refractivity contribution in [1.82, 2.24) is 14.9 Å². The van der Waals surface area contributed by atoms with Crippen molar-refractivity contribution in [2.24, 2.45) is 5.92 Å². The predicted molar refractivity (Wildman–Crippen MR) is 84.4 cm³/mol. The van der Waals surface area contributed by atoms with Crippen LogP contribution in [0.5, 0.6) is 0 Å². The second kappa shape index (κ2) is 7.95. The number of anilines is 1. The molecule has 0 unspecified atom stereocenters. The van der Waals surface area contributed by atoms with Gasteiger partial charge in [-0.25, -0.2) is 9.97 Å². The van der Waals surface area contributed by atoms with Crippen LogP contribution in [0.3, 0.4) is 0 Å². The maximum Gasteiger partial charge on any atom is 0.433 e. The van der Waals surface area contributed by atoms with Gasteiger partial charge in [0.1, 0.15) is 5.69 Å². The zero-order valence-corrected chi connectivity index (χ0v) is 13.8. The topological polar surface area (TPSA) is 32.3 Å². The van der Waals surface area contributed by atoms with E-state index in [4.69, 9.17) is 0 Å². The molecule has 23 heavy (non-hydrogen) atoms. The van der Waals surface area contributed by atoms with E-state index in [1.165, 1.54) is 19.0 Å². The van der Waals surface area contributed by atoms with Gasteiger partial charge in [0.05, 0.1) is 0 Å². The molecule has 0 atom stereocenters. The number of hydrogen-bond donors (Lipinski definition) is 0. The molecular formula is C16H25F3N4. The molecule has 0 saturated carbocycles. The standard InChI is InChI=1S/C16H25F3N4/c1-3-4-9-22(2)12-13-6-10-23(11-7-13)15-20-8-5-14(21-15)16(17,18)19/h5,8,13H,3-4,6-7,9-12H2,1-2H3. The maximum atomic E-state index is 12.7. The Hall–Kier alpha value is -1.37. The van der Waals surface area contributed by atoms with Crippen molar-refractivity contribution in [3.8, 4) is 0 Å². The normalized spacial score (nSPS) is 17.0. The van der Waals surface area contributed by atoms with Crippen LogP contribution in [0.15, 0.2) is 12.3 Å². The zero-order chi connectivity index (χ0) is 16.9. The highest BCUT2D eigenvalue weighted by atomic mass is 19.4. The van der Waals surface area contributed by atoms with Crippen molar-refractivity contribution in [2.75, 3.05) is 38.1 Å². The first kappa shape index (κ1) is 18.0. The van der Waals surface area contributed by atoms with E-state index >= 15 is 0 Å². The number of unbranched alkanes of at least 4 members (excludes halogenated alkanes) is 1. The van der Waals surface area contributed by atoms with Gasteiger partial charge < -0.3 is 9.80 Å². The molecule has 0 aromatic carbocycles. The monoisotopic (exact) mass is 330 g/mol. The fraction of sp³-hybridized carbons (Fsp3) is 0.750. The summed E-state index contributed by atoms with van der Waals surface area (Å²) in [7, 11) is 2.14. The Morgan fingerprint density at radius 2 is 2.00 bits per heavy atom. The molecule has 130 valence electrons. The summed E-state index contributed by atoms with van der Waals surface area (Å²) in [5, 5.41) is 0. The van der Waals surface area contributed by atoms with Crippen LogP contribution in [0.1, 0.15) is 38.3 Å². The van der Waals surface area contributed by atoms with Gasteiger partial charge in [-0.15, -0.1) is 0 Å². The van der Waals surface area contributed by atoms with Crippen molar-refractivity contribution in [1.29, 1.82) is 0 Å². The van der Waals surface area contributed by atoms with E-state index in [-0.39, 0.29) is 5.95 Å². The third-order valence-electron chi connectivity index (χ3n) is 4.29. The first-order valence-electron chi connectivity index (χ1n) is 8.24. The Kier molecular flexibility index (Phi) is 6.21. The molecule has 1 saturated heterocycles. The molecule has 0 amide bonds. The lowest BCUT2D eigenvalue weighted by atomic mass is 9.96. The van der Waals surface area contributed by atoms with Crippen LogP contribution in [-0.4, -0.2) is 48.1 Å². The molecule has 0 radical (unpaired) electrons. The number of halogens is 3.